The zero-order valence-electron chi connectivity index (χ0n) is 10.7. The van der Waals surface area contributed by atoms with Gasteiger partial charge < -0.3 is 4.90 Å². The van der Waals surface area contributed by atoms with Crippen LogP contribution in [0.15, 0.2) is 22.9 Å². The number of pyridine rings is 1. The maximum Gasteiger partial charge on any atom is 0.254 e. The molecule has 0 spiro atoms. The Balaban J connectivity index is 2.05. The maximum absolute atomic E-state index is 12.4. The first-order valence-electron chi connectivity index (χ1n) is 6.61. The molecule has 3 nitrogen and oxygen atoms in total. The number of likely N-dealkylation sites (tertiary alicyclic amines) is 1. The van der Waals surface area contributed by atoms with Crippen LogP contribution in [0.3, 0.4) is 0 Å². The molecular weight excluding hydrogens is 292 g/mol. The highest BCUT2D eigenvalue weighted by atomic mass is 79.9. The third-order valence-corrected chi connectivity index (χ3v) is 4.12. The van der Waals surface area contributed by atoms with E-state index in [4.69, 9.17) is 0 Å². The maximum atomic E-state index is 12.4. The lowest BCUT2D eigenvalue weighted by Crippen LogP contribution is -2.32. The molecule has 98 valence electrons. The molecule has 0 aromatic carbocycles. The van der Waals surface area contributed by atoms with Gasteiger partial charge in [0.05, 0.1) is 0 Å². The van der Waals surface area contributed by atoms with Gasteiger partial charge in [-0.3, -0.25) is 4.79 Å². The van der Waals surface area contributed by atoms with Gasteiger partial charge in [0.25, 0.3) is 5.91 Å². The highest BCUT2D eigenvalue weighted by molar-refractivity contribution is 9.10. The molecule has 1 aliphatic heterocycles. The first-order chi connectivity index (χ1) is 8.70. The molecule has 1 amide bonds. The van der Waals surface area contributed by atoms with E-state index in [9.17, 15) is 4.79 Å². The molecule has 1 saturated heterocycles. The number of hydrogen-bond acceptors (Lipinski definition) is 2. The lowest BCUT2D eigenvalue weighted by molar-refractivity contribution is 0.0759. The molecule has 1 fully saturated rings. The van der Waals surface area contributed by atoms with Crippen LogP contribution in [0.4, 0.5) is 0 Å². The van der Waals surface area contributed by atoms with Crippen molar-refractivity contribution in [3.63, 3.8) is 0 Å². The molecule has 1 aromatic rings. The van der Waals surface area contributed by atoms with Crippen molar-refractivity contribution in [2.75, 3.05) is 13.1 Å². The van der Waals surface area contributed by atoms with Crippen molar-refractivity contribution in [2.45, 2.75) is 32.6 Å². The molecule has 1 aliphatic rings. The fourth-order valence-corrected chi connectivity index (χ4v) is 2.86. The molecule has 4 heteroatoms. The number of rotatable bonds is 2. The summed E-state index contributed by atoms with van der Waals surface area (Å²) in [4.78, 5) is 18.4. The minimum atomic E-state index is 0.134. The molecule has 0 saturated carbocycles. The van der Waals surface area contributed by atoms with Gasteiger partial charge in [-0.2, -0.15) is 0 Å². The monoisotopic (exact) mass is 310 g/mol. The normalized spacial score (nSPS) is 20.6. The second-order valence-electron chi connectivity index (χ2n) is 4.86. The van der Waals surface area contributed by atoms with E-state index in [2.05, 4.69) is 27.8 Å². The van der Waals surface area contributed by atoms with Gasteiger partial charge in [-0.25, -0.2) is 4.98 Å². The van der Waals surface area contributed by atoms with E-state index in [1.54, 1.807) is 18.3 Å². The largest absolute Gasteiger partial charge is 0.339 e. The molecule has 2 heterocycles. The van der Waals surface area contributed by atoms with E-state index < -0.39 is 0 Å². The minimum Gasteiger partial charge on any atom is -0.339 e. The van der Waals surface area contributed by atoms with Crippen molar-refractivity contribution < 1.29 is 4.79 Å². The summed E-state index contributed by atoms with van der Waals surface area (Å²) >= 11 is 3.31. The van der Waals surface area contributed by atoms with E-state index in [0.29, 0.717) is 0 Å². The van der Waals surface area contributed by atoms with Gasteiger partial charge in [0.15, 0.2) is 0 Å². The molecular formula is C14H19BrN2O. The fourth-order valence-electron chi connectivity index (χ4n) is 2.49. The predicted octanol–water partition coefficient (Wildman–Crippen LogP) is 3.50. The van der Waals surface area contributed by atoms with Gasteiger partial charge in [-0.05, 0) is 53.2 Å². The van der Waals surface area contributed by atoms with Gasteiger partial charge in [-0.1, -0.05) is 13.3 Å². The quantitative estimate of drug-likeness (QED) is 0.783. The predicted molar refractivity (Wildman–Crippen MR) is 75.5 cm³/mol. The van der Waals surface area contributed by atoms with Crippen molar-refractivity contribution in [1.29, 1.82) is 0 Å². The summed E-state index contributed by atoms with van der Waals surface area (Å²) in [6, 6.07) is 3.58. The minimum absolute atomic E-state index is 0.134. The Morgan fingerprint density at radius 3 is 3.06 bits per heavy atom. The van der Waals surface area contributed by atoms with Crippen molar-refractivity contribution in [3.8, 4) is 0 Å². The van der Waals surface area contributed by atoms with Crippen LogP contribution >= 0.6 is 15.9 Å². The van der Waals surface area contributed by atoms with E-state index in [1.165, 1.54) is 12.8 Å². The number of aromatic nitrogens is 1. The number of halogens is 1. The SMILES string of the molecule is CCC1CCCN(C(=O)c2ccnc(Br)c2)CC1. The van der Waals surface area contributed by atoms with Gasteiger partial charge in [-0.15, -0.1) is 0 Å². The Hall–Kier alpha value is -0.900. The Kier molecular flexibility index (Phi) is 4.75. The molecule has 0 aliphatic carbocycles. The second kappa shape index (κ2) is 6.32. The standard InChI is InChI=1S/C14H19BrN2O/c1-2-11-4-3-8-17(9-6-11)14(18)12-5-7-16-13(15)10-12/h5,7,10-11H,2-4,6,8-9H2,1H3. The number of nitrogens with zero attached hydrogens (tertiary/aromatic N) is 2. The molecule has 0 bridgehead atoms. The molecule has 2 rings (SSSR count). The van der Waals surface area contributed by atoms with Crippen molar-refractivity contribution in [3.05, 3.63) is 28.5 Å². The Morgan fingerprint density at radius 1 is 1.50 bits per heavy atom. The lowest BCUT2D eigenvalue weighted by atomic mass is 9.98. The summed E-state index contributed by atoms with van der Waals surface area (Å²) in [6.45, 7) is 4.01. The Labute approximate surface area is 117 Å². The number of carbonyl (C=O) groups excluding carboxylic acids is 1. The fraction of sp³-hybridized carbons (Fsp3) is 0.571. The van der Waals surface area contributed by atoms with Crippen LogP contribution in [0.25, 0.3) is 0 Å². The Bertz CT molecular complexity index is 422. The zero-order chi connectivity index (χ0) is 13.0. The molecule has 1 unspecified atom stereocenters. The number of carbonyl (C=O) groups is 1. The number of hydrogen-bond donors (Lipinski definition) is 0. The highest BCUT2D eigenvalue weighted by Crippen LogP contribution is 2.21. The van der Waals surface area contributed by atoms with Gasteiger partial charge in [0, 0.05) is 24.8 Å². The van der Waals surface area contributed by atoms with Crippen LogP contribution in [0, 0.1) is 5.92 Å². The number of amides is 1. The third-order valence-electron chi connectivity index (χ3n) is 3.69. The molecule has 0 radical (unpaired) electrons. The Morgan fingerprint density at radius 2 is 2.33 bits per heavy atom. The summed E-state index contributed by atoms with van der Waals surface area (Å²) < 4.78 is 0.717. The first kappa shape index (κ1) is 13.5. The average molecular weight is 311 g/mol. The summed E-state index contributed by atoms with van der Waals surface area (Å²) in [5.74, 6) is 0.918. The van der Waals surface area contributed by atoms with Crippen LogP contribution in [-0.2, 0) is 0 Å². The zero-order valence-corrected chi connectivity index (χ0v) is 12.3. The van der Waals surface area contributed by atoms with Crippen molar-refractivity contribution >= 4 is 21.8 Å². The molecule has 1 atom stereocenters. The van der Waals surface area contributed by atoms with Gasteiger partial charge in [0.2, 0.25) is 0 Å². The van der Waals surface area contributed by atoms with E-state index in [-0.39, 0.29) is 5.91 Å². The molecule has 1 aromatic heterocycles. The van der Waals surface area contributed by atoms with Gasteiger partial charge >= 0.3 is 0 Å². The van der Waals surface area contributed by atoms with Crippen LogP contribution in [0.2, 0.25) is 0 Å². The summed E-state index contributed by atoms with van der Waals surface area (Å²) in [6.07, 6.45) is 6.40. The van der Waals surface area contributed by atoms with Crippen molar-refractivity contribution in [2.24, 2.45) is 5.92 Å². The van der Waals surface area contributed by atoms with Crippen LogP contribution in [0.1, 0.15) is 43.0 Å². The molecule has 18 heavy (non-hydrogen) atoms. The summed E-state index contributed by atoms with van der Waals surface area (Å²) in [5, 5.41) is 0. The molecule has 0 N–H and O–H groups in total. The van der Waals surface area contributed by atoms with Crippen LogP contribution in [-0.4, -0.2) is 28.9 Å². The smallest absolute Gasteiger partial charge is 0.254 e. The first-order valence-corrected chi connectivity index (χ1v) is 7.41. The van der Waals surface area contributed by atoms with Gasteiger partial charge in [0.1, 0.15) is 4.60 Å². The van der Waals surface area contributed by atoms with E-state index in [0.717, 1.165) is 42.0 Å². The highest BCUT2D eigenvalue weighted by Gasteiger charge is 2.20. The van der Waals surface area contributed by atoms with E-state index >= 15 is 0 Å². The van der Waals surface area contributed by atoms with E-state index in [1.807, 2.05) is 4.90 Å². The topological polar surface area (TPSA) is 33.2 Å². The van der Waals surface area contributed by atoms with Crippen LogP contribution < -0.4 is 0 Å². The summed E-state index contributed by atoms with van der Waals surface area (Å²) in [5.41, 5.74) is 0.729. The third kappa shape index (κ3) is 3.31. The summed E-state index contributed by atoms with van der Waals surface area (Å²) in [7, 11) is 0. The second-order valence-corrected chi connectivity index (χ2v) is 5.68. The van der Waals surface area contributed by atoms with Crippen LogP contribution in [0.5, 0.6) is 0 Å². The van der Waals surface area contributed by atoms with Crippen molar-refractivity contribution in [1.82, 2.24) is 9.88 Å². The lowest BCUT2D eigenvalue weighted by Gasteiger charge is -2.20. The average Bonchev–Trinajstić information content (AvgIpc) is 2.63.